The third-order valence-corrected chi connectivity index (χ3v) is 6.72. The summed E-state index contributed by atoms with van der Waals surface area (Å²) in [7, 11) is -3.96. The molecule has 0 aliphatic carbocycles. The van der Waals surface area contributed by atoms with E-state index in [2.05, 4.69) is 5.32 Å². The lowest BCUT2D eigenvalue weighted by Gasteiger charge is -2.24. The van der Waals surface area contributed by atoms with Gasteiger partial charge in [-0.15, -0.1) is 0 Å². The van der Waals surface area contributed by atoms with Crippen molar-refractivity contribution in [2.75, 3.05) is 6.61 Å². The molecule has 0 saturated heterocycles. The van der Waals surface area contributed by atoms with Crippen LogP contribution in [-0.2, 0) is 19.4 Å². The minimum atomic E-state index is -3.96. The predicted octanol–water partition coefficient (Wildman–Crippen LogP) is 2.53. The minimum Gasteiger partial charge on any atom is -0.452 e. The maximum absolute atomic E-state index is 12.9. The van der Waals surface area contributed by atoms with Crippen LogP contribution in [0.3, 0.4) is 0 Å². The first-order chi connectivity index (χ1) is 13.6. The molecule has 1 N–H and O–H groups in total. The van der Waals surface area contributed by atoms with E-state index in [9.17, 15) is 22.8 Å². The molecule has 0 bridgehead atoms. The smallest absolute Gasteiger partial charge is 0.338 e. The number of benzene rings is 2. The number of ketones is 1. The fraction of sp³-hybridized carbons (Fsp3) is 0.286. The third-order valence-electron chi connectivity index (χ3n) is 4.87. The van der Waals surface area contributed by atoms with E-state index < -0.39 is 39.6 Å². The molecule has 0 saturated carbocycles. The van der Waals surface area contributed by atoms with Crippen LogP contribution in [0, 0.1) is 0 Å². The van der Waals surface area contributed by atoms with Crippen LogP contribution in [0.5, 0.6) is 0 Å². The topological polar surface area (TPSA) is 107 Å². The second-order valence-corrected chi connectivity index (χ2v) is 9.29. The number of fused-ring (bicyclic) bond motifs is 2. The Balaban J connectivity index is 1.84. The molecular weight excluding hydrogens is 394 g/mol. The van der Waals surface area contributed by atoms with Gasteiger partial charge in [0.2, 0.25) is 9.84 Å². The summed E-state index contributed by atoms with van der Waals surface area (Å²) >= 11 is 0. The largest absolute Gasteiger partial charge is 0.452 e. The van der Waals surface area contributed by atoms with Gasteiger partial charge in [-0.3, -0.25) is 9.59 Å². The molecule has 1 aliphatic rings. The Bertz CT molecular complexity index is 1120. The summed E-state index contributed by atoms with van der Waals surface area (Å²) < 4.78 is 30.8. The summed E-state index contributed by atoms with van der Waals surface area (Å²) in [5.74, 6) is -1.73. The van der Waals surface area contributed by atoms with Crippen molar-refractivity contribution in [3.63, 3.8) is 0 Å². The zero-order valence-corrected chi connectivity index (χ0v) is 17.1. The summed E-state index contributed by atoms with van der Waals surface area (Å²) in [6.45, 7) is 5.11. The molecule has 0 radical (unpaired) electrons. The van der Waals surface area contributed by atoms with E-state index in [4.69, 9.17) is 4.74 Å². The van der Waals surface area contributed by atoms with Crippen LogP contribution >= 0.6 is 0 Å². The lowest BCUT2D eigenvalue weighted by atomic mass is 10.0. The fourth-order valence-corrected chi connectivity index (χ4v) is 4.60. The van der Waals surface area contributed by atoms with Crippen molar-refractivity contribution in [1.82, 2.24) is 5.32 Å². The van der Waals surface area contributed by atoms with Crippen molar-refractivity contribution >= 4 is 27.5 Å². The molecule has 152 valence electrons. The molecule has 0 unspecified atom stereocenters. The molecule has 0 atom stereocenters. The van der Waals surface area contributed by atoms with Crippen LogP contribution in [0.2, 0.25) is 0 Å². The highest BCUT2D eigenvalue weighted by molar-refractivity contribution is 7.91. The van der Waals surface area contributed by atoms with Gasteiger partial charge in [-0.25, -0.2) is 13.2 Å². The summed E-state index contributed by atoms with van der Waals surface area (Å²) in [5, 5.41) is 2.74. The Labute approximate surface area is 169 Å². The van der Waals surface area contributed by atoms with Crippen molar-refractivity contribution in [2.45, 2.75) is 42.5 Å². The monoisotopic (exact) mass is 415 g/mol. The number of hydrogen-bond donors (Lipinski definition) is 1. The molecule has 0 spiro atoms. The molecule has 1 amide bonds. The van der Waals surface area contributed by atoms with Crippen LogP contribution in [0.1, 0.15) is 53.5 Å². The van der Waals surface area contributed by atoms with Gasteiger partial charge >= 0.3 is 5.97 Å². The van der Waals surface area contributed by atoms with Crippen LogP contribution in [-0.4, -0.2) is 38.2 Å². The Hall–Kier alpha value is -3.00. The first-order valence-corrected chi connectivity index (χ1v) is 10.6. The Morgan fingerprint density at radius 3 is 2.38 bits per heavy atom. The Kier molecular flexibility index (Phi) is 5.32. The van der Waals surface area contributed by atoms with Crippen LogP contribution in [0.25, 0.3) is 0 Å². The van der Waals surface area contributed by atoms with Crippen molar-refractivity contribution in [2.24, 2.45) is 0 Å². The Morgan fingerprint density at radius 1 is 1.03 bits per heavy atom. The van der Waals surface area contributed by atoms with E-state index in [-0.39, 0.29) is 26.5 Å². The molecule has 2 aromatic rings. The van der Waals surface area contributed by atoms with E-state index in [0.29, 0.717) is 6.42 Å². The highest BCUT2D eigenvalue weighted by Crippen LogP contribution is 2.34. The summed E-state index contributed by atoms with van der Waals surface area (Å²) in [6.07, 6.45) is 0.699. The first kappa shape index (κ1) is 20.7. The number of nitrogens with one attached hydrogen (secondary N) is 1. The van der Waals surface area contributed by atoms with Gasteiger partial charge in [0.25, 0.3) is 5.91 Å². The van der Waals surface area contributed by atoms with E-state index in [1.54, 1.807) is 6.07 Å². The maximum Gasteiger partial charge on any atom is 0.338 e. The molecular formula is C21H21NO6S. The maximum atomic E-state index is 12.9. The number of hydrogen-bond acceptors (Lipinski definition) is 6. The lowest BCUT2D eigenvalue weighted by Crippen LogP contribution is -2.44. The van der Waals surface area contributed by atoms with E-state index in [1.807, 2.05) is 20.8 Å². The zero-order chi connectivity index (χ0) is 21.4. The van der Waals surface area contributed by atoms with Gasteiger partial charge in [0.05, 0.1) is 15.4 Å². The van der Waals surface area contributed by atoms with Crippen LogP contribution < -0.4 is 5.32 Å². The van der Waals surface area contributed by atoms with Gasteiger partial charge in [-0.05, 0) is 50.6 Å². The molecule has 3 rings (SSSR count). The average Bonchev–Trinajstić information content (AvgIpc) is 2.70. The summed E-state index contributed by atoms with van der Waals surface area (Å²) in [5.41, 5.74) is -0.382. The van der Waals surface area contributed by atoms with Crippen molar-refractivity contribution in [1.29, 1.82) is 0 Å². The third kappa shape index (κ3) is 3.93. The number of sulfone groups is 1. The first-order valence-electron chi connectivity index (χ1n) is 9.08. The van der Waals surface area contributed by atoms with E-state index in [0.717, 1.165) is 6.07 Å². The molecule has 1 heterocycles. The van der Waals surface area contributed by atoms with E-state index in [1.165, 1.54) is 30.3 Å². The van der Waals surface area contributed by atoms with E-state index >= 15 is 0 Å². The number of amides is 1. The predicted molar refractivity (Wildman–Crippen MR) is 105 cm³/mol. The molecule has 7 nitrogen and oxygen atoms in total. The number of rotatable bonds is 5. The van der Waals surface area contributed by atoms with Gasteiger partial charge in [0.15, 0.2) is 12.4 Å². The number of esters is 1. The number of carbonyl (C=O) groups excluding carboxylic acids is 3. The normalized spacial score (nSPS) is 14.5. The SMILES string of the molecule is CCC(C)(C)NC(=O)COC(=O)c1ccc2c(c1)S(=O)(=O)c1ccccc1C2=O. The summed E-state index contributed by atoms with van der Waals surface area (Å²) in [6, 6.07) is 9.66. The summed E-state index contributed by atoms with van der Waals surface area (Å²) in [4.78, 5) is 36.5. The Morgan fingerprint density at radius 2 is 1.69 bits per heavy atom. The van der Waals surface area contributed by atoms with Gasteiger partial charge in [0.1, 0.15) is 0 Å². The average molecular weight is 415 g/mol. The highest BCUT2D eigenvalue weighted by atomic mass is 32.2. The zero-order valence-electron chi connectivity index (χ0n) is 16.3. The quantitative estimate of drug-likeness (QED) is 0.642. The number of carbonyl (C=O) groups is 3. The molecule has 0 aromatic heterocycles. The van der Waals surface area contributed by atoms with Gasteiger partial charge in [-0.2, -0.15) is 0 Å². The van der Waals surface area contributed by atoms with Crippen molar-refractivity contribution in [3.8, 4) is 0 Å². The van der Waals surface area contributed by atoms with Gasteiger partial charge < -0.3 is 10.1 Å². The molecule has 0 fully saturated rings. The minimum absolute atomic E-state index is 0.00249. The molecule has 29 heavy (non-hydrogen) atoms. The van der Waals surface area contributed by atoms with Gasteiger partial charge in [-0.1, -0.05) is 19.1 Å². The molecule has 1 aliphatic heterocycles. The second-order valence-electron chi connectivity index (χ2n) is 7.40. The fourth-order valence-electron chi connectivity index (χ4n) is 2.93. The second kappa shape index (κ2) is 7.44. The highest BCUT2D eigenvalue weighted by Gasteiger charge is 2.35. The van der Waals surface area contributed by atoms with Gasteiger partial charge in [0, 0.05) is 16.7 Å². The molecule has 2 aromatic carbocycles. The number of ether oxygens (including phenoxy) is 1. The van der Waals surface area contributed by atoms with Crippen molar-refractivity contribution in [3.05, 3.63) is 59.2 Å². The standard InChI is InChI=1S/C21H21NO6S/c1-4-21(2,3)22-18(23)12-28-20(25)13-9-10-15-17(11-13)29(26,27)16-8-6-5-7-14(16)19(15)24/h5-11H,4,12H2,1-3H3,(H,22,23). The lowest BCUT2D eigenvalue weighted by molar-refractivity contribution is -0.125. The molecule has 8 heteroatoms. The van der Waals surface area contributed by atoms with Crippen molar-refractivity contribution < 1.29 is 27.5 Å². The van der Waals surface area contributed by atoms with Crippen LogP contribution in [0.15, 0.2) is 52.3 Å². The van der Waals surface area contributed by atoms with Crippen LogP contribution in [0.4, 0.5) is 0 Å².